The molecule has 0 aromatic heterocycles. The molecule has 88 valence electrons. The number of carbonyl (C=O) groups is 2. The molecule has 0 heterocycles. The lowest BCUT2D eigenvalue weighted by molar-refractivity contribution is -0.140. The number of hydrogen-bond acceptors (Lipinski definition) is 4. The van der Waals surface area contributed by atoms with Crippen molar-refractivity contribution < 1.29 is 14.3 Å². The summed E-state index contributed by atoms with van der Waals surface area (Å²) in [5, 5.41) is 0. The van der Waals surface area contributed by atoms with E-state index in [2.05, 4.69) is 4.74 Å². The van der Waals surface area contributed by atoms with Crippen molar-refractivity contribution in [2.45, 2.75) is 32.1 Å². The molecule has 0 amide bonds. The average molecular weight is 223 g/mol. The van der Waals surface area contributed by atoms with Gasteiger partial charge in [-0.15, -0.1) is 0 Å². The lowest BCUT2D eigenvalue weighted by Gasteiger charge is -2.09. The van der Waals surface area contributed by atoms with E-state index in [1.54, 1.807) is 6.08 Å². The maximum atomic E-state index is 11.1. The maximum Gasteiger partial charge on any atom is 0.305 e. The number of ketones is 1. The van der Waals surface area contributed by atoms with Gasteiger partial charge in [0.25, 0.3) is 0 Å². The Morgan fingerprint density at radius 2 is 2.25 bits per heavy atom. The van der Waals surface area contributed by atoms with Gasteiger partial charge < -0.3 is 10.5 Å². The minimum atomic E-state index is -0.178. The second kappa shape index (κ2) is 6.10. The summed E-state index contributed by atoms with van der Waals surface area (Å²) in [4.78, 5) is 21.9. The summed E-state index contributed by atoms with van der Waals surface area (Å²) in [6, 6.07) is 0. The molecule has 1 aliphatic carbocycles. The molecular formula is C12H17NO3. The molecule has 0 atom stereocenters. The third-order valence-electron chi connectivity index (χ3n) is 2.54. The molecule has 1 aliphatic rings. The van der Waals surface area contributed by atoms with Gasteiger partial charge in [0.15, 0.2) is 5.78 Å². The van der Waals surface area contributed by atoms with Crippen molar-refractivity contribution in [2.24, 2.45) is 5.73 Å². The molecule has 4 nitrogen and oxygen atoms in total. The first-order chi connectivity index (χ1) is 7.63. The Bertz CT molecular complexity index is 342. The summed E-state index contributed by atoms with van der Waals surface area (Å²) < 4.78 is 4.54. The van der Waals surface area contributed by atoms with Gasteiger partial charge in [-0.2, -0.15) is 0 Å². The largest absolute Gasteiger partial charge is 0.469 e. The van der Waals surface area contributed by atoms with Gasteiger partial charge in [0.2, 0.25) is 0 Å². The summed E-state index contributed by atoms with van der Waals surface area (Å²) in [7, 11) is 1.39. The Morgan fingerprint density at radius 1 is 1.50 bits per heavy atom. The van der Waals surface area contributed by atoms with Gasteiger partial charge >= 0.3 is 5.97 Å². The highest BCUT2D eigenvalue weighted by molar-refractivity contribution is 5.97. The van der Waals surface area contributed by atoms with Crippen LogP contribution in [0.5, 0.6) is 0 Å². The van der Waals surface area contributed by atoms with E-state index in [-0.39, 0.29) is 11.8 Å². The Balaban J connectivity index is 2.24. The van der Waals surface area contributed by atoms with Crippen LogP contribution < -0.4 is 5.73 Å². The zero-order chi connectivity index (χ0) is 12.0. The molecule has 0 spiro atoms. The molecule has 0 aromatic rings. The van der Waals surface area contributed by atoms with E-state index >= 15 is 0 Å². The van der Waals surface area contributed by atoms with Gasteiger partial charge in [0.1, 0.15) is 0 Å². The van der Waals surface area contributed by atoms with E-state index in [4.69, 9.17) is 5.73 Å². The lowest BCUT2D eigenvalue weighted by Crippen LogP contribution is -2.13. The molecule has 0 saturated carbocycles. The van der Waals surface area contributed by atoms with Crippen molar-refractivity contribution in [3.63, 3.8) is 0 Å². The Labute approximate surface area is 95.1 Å². The smallest absolute Gasteiger partial charge is 0.305 e. The molecule has 0 fully saturated rings. The van der Waals surface area contributed by atoms with Crippen molar-refractivity contribution in [3.05, 3.63) is 23.4 Å². The second-order valence-corrected chi connectivity index (χ2v) is 3.79. The van der Waals surface area contributed by atoms with Crippen LogP contribution in [0, 0.1) is 0 Å². The molecular weight excluding hydrogens is 206 g/mol. The molecule has 4 heteroatoms. The normalized spacial score (nSPS) is 15.4. The summed E-state index contributed by atoms with van der Waals surface area (Å²) in [6.45, 7) is 0. The fourth-order valence-electron chi connectivity index (χ4n) is 1.56. The predicted molar refractivity (Wildman–Crippen MR) is 60.5 cm³/mol. The van der Waals surface area contributed by atoms with Gasteiger partial charge in [-0.25, -0.2) is 0 Å². The maximum absolute atomic E-state index is 11.1. The van der Waals surface area contributed by atoms with E-state index in [1.807, 2.05) is 6.08 Å². The fourth-order valence-corrected chi connectivity index (χ4v) is 1.56. The first-order valence-corrected chi connectivity index (χ1v) is 5.39. The fraction of sp³-hybridized carbons (Fsp3) is 0.500. The van der Waals surface area contributed by atoms with Crippen LogP contribution in [0.4, 0.5) is 0 Å². The molecule has 0 unspecified atom stereocenters. The molecule has 2 N–H and O–H groups in total. The Morgan fingerprint density at radius 3 is 2.88 bits per heavy atom. The first-order valence-electron chi connectivity index (χ1n) is 5.39. The van der Waals surface area contributed by atoms with Gasteiger partial charge in [-0.1, -0.05) is 6.08 Å². The van der Waals surface area contributed by atoms with Crippen molar-refractivity contribution in [1.82, 2.24) is 0 Å². The van der Waals surface area contributed by atoms with Crippen molar-refractivity contribution in [3.8, 4) is 0 Å². The number of carbonyl (C=O) groups excluding carboxylic acids is 2. The summed E-state index contributed by atoms with van der Waals surface area (Å²) >= 11 is 0. The number of esters is 1. The highest BCUT2D eigenvalue weighted by atomic mass is 16.5. The van der Waals surface area contributed by atoms with E-state index in [1.165, 1.54) is 7.11 Å². The second-order valence-electron chi connectivity index (χ2n) is 3.79. The Kier molecular flexibility index (Phi) is 4.76. The highest BCUT2D eigenvalue weighted by Gasteiger charge is 2.10. The SMILES string of the molecule is COC(=O)CCCCC1=CCC(=O)C(N)=C1. The average Bonchev–Trinajstić information content (AvgIpc) is 2.28. The molecule has 0 aromatic carbocycles. The zero-order valence-corrected chi connectivity index (χ0v) is 9.49. The number of nitrogens with two attached hydrogens (primary N) is 1. The van der Waals surface area contributed by atoms with Crippen LogP contribution in [-0.4, -0.2) is 18.9 Å². The molecule has 0 radical (unpaired) electrons. The number of methoxy groups -OCH3 is 1. The number of allylic oxidation sites excluding steroid dienone is 4. The number of rotatable bonds is 5. The van der Waals surface area contributed by atoms with E-state index in [9.17, 15) is 9.59 Å². The van der Waals surface area contributed by atoms with Crippen molar-refractivity contribution >= 4 is 11.8 Å². The van der Waals surface area contributed by atoms with Crippen LogP contribution in [-0.2, 0) is 14.3 Å². The third-order valence-corrected chi connectivity index (χ3v) is 2.54. The van der Waals surface area contributed by atoms with E-state index < -0.39 is 0 Å². The van der Waals surface area contributed by atoms with E-state index in [0.717, 1.165) is 24.8 Å². The Hall–Kier alpha value is -1.58. The van der Waals surface area contributed by atoms with Crippen LogP contribution in [0.3, 0.4) is 0 Å². The third kappa shape index (κ3) is 3.88. The molecule has 0 bridgehead atoms. The van der Waals surface area contributed by atoms with Crippen molar-refractivity contribution in [1.29, 1.82) is 0 Å². The molecule has 0 saturated heterocycles. The quantitative estimate of drug-likeness (QED) is 0.566. The first kappa shape index (κ1) is 12.5. The highest BCUT2D eigenvalue weighted by Crippen LogP contribution is 2.17. The lowest BCUT2D eigenvalue weighted by atomic mass is 9.99. The molecule has 1 rings (SSSR count). The topological polar surface area (TPSA) is 69.4 Å². The van der Waals surface area contributed by atoms with Gasteiger partial charge in [-0.3, -0.25) is 9.59 Å². The molecule has 16 heavy (non-hydrogen) atoms. The van der Waals surface area contributed by atoms with Gasteiger partial charge in [0.05, 0.1) is 12.8 Å². The van der Waals surface area contributed by atoms with Crippen LogP contribution in [0.15, 0.2) is 23.4 Å². The predicted octanol–water partition coefficient (Wildman–Crippen LogP) is 1.46. The minimum absolute atomic E-state index is 0.0155. The van der Waals surface area contributed by atoms with Crippen LogP contribution in [0.1, 0.15) is 32.1 Å². The van der Waals surface area contributed by atoms with Crippen LogP contribution in [0.2, 0.25) is 0 Å². The monoisotopic (exact) mass is 223 g/mol. The van der Waals surface area contributed by atoms with Crippen LogP contribution in [0.25, 0.3) is 0 Å². The summed E-state index contributed by atoms with van der Waals surface area (Å²) in [5.41, 5.74) is 6.96. The standard InChI is InChI=1S/C12H17NO3/c1-16-12(15)5-3-2-4-9-6-7-11(14)10(13)8-9/h6,8H,2-5,7,13H2,1H3. The molecule has 0 aliphatic heterocycles. The van der Waals surface area contributed by atoms with Crippen molar-refractivity contribution in [2.75, 3.05) is 7.11 Å². The number of ether oxygens (including phenoxy) is 1. The minimum Gasteiger partial charge on any atom is -0.469 e. The van der Waals surface area contributed by atoms with Gasteiger partial charge in [-0.05, 0) is 30.9 Å². The van der Waals surface area contributed by atoms with Gasteiger partial charge in [0, 0.05) is 12.8 Å². The van der Waals surface area contributed by atoms with E-state index in [0.29, 0.717) is 18.5 Å². The summed E-state index contributed by atoms with van der Waals surface area (Å²) in [5.74, 6) is -0.193. The summed E-state index contributed by atoms with van der Waals surface area (Å²) in [6.07, 6.45) is 7.02. The zero-order valence-electron chi connectivity index (χ0n) is 9.49. The number of unbranched alkanes of at least 4 members (excludes halogenated alkanes) is 1. The number of Topliss-reactive ketones (excluding diaryl/α,β-unsaturated/α-hetero) is 1. The van der Waals surface area contributed by atoms with Crippen LogP contribution >= 0.6 is 0 Å². The number of hydrogen-bond donors (Lipinski definition) is 1.